The van der Waals surface area contributed by atoms with E-state index in [1.165, 1.54) is 22.5 Å². The Morgan fingerprint density at radius 1 is 1.60 bits per heavy atom. The molecule has 78 valence electrons. The lowest BCUT2D eigenvalue weighted by Crippen LogP contribution is -2.17. The zero-order chi connectivity index (χ0) is 10.1. The van der Waals surface area contributed by atoms with E-state index in [0.717, 1.165) is 6.54 Å². The van der Waals surface area contributed by atoms with Crippen molar-refractivity contribution in [3.05, 3.63) is 29.7 Å². The Bertz CT molecular complexity index is 448. The Balaban J connectivity index is 1.79. The highest BCUT2D eigenvalue weighted by molar-refractivity contribution is 7.18. The predicted octanol–water partition coefficient (Wildman–Crippen LogP) is 2.16. The van der Waals surface area contributed by atoms with Crippen LogP contribution >= 0.6 is 11.3 Å². The van der Waals surface area contributed by atoms with Crippen molar-refractivity contribution in [3.8, 4) is 0 Å². The highest BCUT2D eigenvalue weighted by Gasteiger charge is 2.09. The average molecular weight is 219 g/mol. The molecule has 15 heavy (non-hydrogen) atoms. The molecular weight excluding hydrogens is 206 g/mol. The van der Waals surface area contributed by atoms with Crippen LogP contribution in [0.1, 0.15) is 17.7 Å². The first-order chi connectivity index (χ1) is 7.42. The molecule has 1 saturated heterocycles. The largest absolute Gasteiger partial charge is 0.311 e. The van der Waals surface area contributed by atoms with Gasteiger partial charge in [0.25, 0.3) is 0 Å². The van der Waals surface area contributed by atoms with Gasteiger partial charge >= 0.3 is 0 Å². The van der Waals surface area contributed by atoms with Gasteiger partial charge in [-0.3, -0.25) is 4.40 Å². The van der Waals surface area contributed by atoms with Gasteiger partial charge in [-0.1, -0.05) is 6.08 Å². The Morgan fingerprint density at radius 2 is 2.60 bits per heavy atom. The molecule has 0 radical (unpaired) electrons. The molecule has 1 aliphatic rings. The molecule has 2 aromatic rings. The van der Waals surface area contributed by atoms with Crippen LogP contribution < -0.4 is 5.32 Å². The minimum Gasteiger partial charge on any atom is -0.311 e. The number of fused-ring (bicyclic) bond motifs is 1. The van der Waals surface area contributed by atoms with E-state index in [4.69, 9.17) is 0 Å². The highest BCUT2D eigenvalue weighted by Crippen LogP contribution is 2.19. The van der Waals surface area contributed by atoms with E-state index in [1.54, 1.807) is 11.3 Å². The topological polar surface area (TPSA) is 29.3 Å². The first-order valence-corrected chi connectivity index (χ1v) is 6.06. The SMILES string of the molecule is C(=CC1CCCN1)c1cn2cncc2s1. The van der Waals surface area contributed by atoms with E-state index < -0.39 is 0 Å². The van der Waals surface area contributed by atoms with Gasteiger partial charge in [0.1, 0.15) is 4.83 Å². The summed E-state index contributed by atoms with van der Waals surface area (Å²) in [7, 11) is 0. The van der Waals surface area contributed by atoms with Crippen LogP contribution in [-0.2, 0) is 0 Å². The van der Waals surface area contributed by atoms with Crippen molar-refractivity contribution in [2.75, 3.05) is 6.54 Å². The first kappa shape index (κ1) is 9.12. The van der Waals surface area contributed by atoms with Crippen LogP contribution in [0.4, 0.5) is 0 Å². The zero-order valence-electron chi connectivity index (χ0n) is 8.39. The highest BCUT2D eigenvalue weighted by atomic mass is 32.1. The molecule has 1 aliphatic heterocycles. The van der Waals surface area contributed by atoms with E-state index in [2.05, 4.69) is 33.1 Å². The van der Waals surface area contributed by atoms with Crippen LogP contribution in [0, 0.1) is 0 Å². The molecule has 0 amide bonds. The number of imidazole rings is 1. The summed E-state index contributed by atoms with van der Waals surface area (Å²) in [5, 5.41) is 3.45. The normalized spacial score (nSPS) is 22.0. The quantitative estimate of drug-likeness (QED) is 0.838. The van der Waals surface area contributed by atoms with Gasteiger partial charge in [-0.15, -0.1) is 11.3 Å². The molecule has 3 rings (SSSR count). The summed E-state index contributed by atoms with van der Waals surface area (Å²) in [6.07, 6.45) is 12.9. The van der Waals surface area contributed by atoms with Crippen LogP contribution in [0.2, 0.25) is 0 Å². The fourth-order valence-corrected chi connectivity index (χ4v) is 2.79. The van der Waals surface area contributed by atoms with Gasteiger partial charge in [0.15, 0.2) is 0 Å². The maximum atomic E-state index is 4.08. The number of nitrogens with zero attached hydrogens (tertiary/aromatic N) is 2. The van der Waals surface area contributed by atoms with Crippen molar-refractivity contribution in [1.82, 2.24) is 14.7 Å². The van der Waals surface area contributed by atoms with Crippen molar-refractivity contribution in [3.63, 3.8) is 0 Å². The van der Waals surface area contributed by atoms with Gasteiger partial charge in [-0.05, 0) is 25.5 Å². The number of thiazole rings is 1. The number of hydrogen-bond acceptors (Lipinski definition) is 3. The average Bonchev–Trinajstić information content (AvgIpc) is 2.91. The number of aromatic nitrogens is 2. The maximum Gasteiger partial charge on any atom is 0.120 e. The van der Waals surface area contributed by atoms with E-state index in [0.29, 0.717) is 6.04 Å². The van der Waals surface area contributed by atoms with Gasteiger partial charge in [-0.2, -0.15) is 0 Å². The summed E-state index contributed by atoms with van der Waals surface area (Å²) in [6.45, 7) is 1.16. The van der Waals surface area contributed by atoms with Crippen LogP contribution in [0.3, 0.4) is 0 Å². The molecule has 1 fully saturated rings. The molecule has 4 heteroatoms. The smallest absolute Gasteiger partial charge is 0.120 e. The second kappa shape index (κ2) is 3.79. The van der Waals surface area contributed by atoms with Crippen LogP contribution in [0.25, 0.3) is 10.9 Å². The predicted molar refractivity (Wildman–Crippen MR) is 63.1 cm³/mol. The van der Waals surface area contributed by atoms with Gasteiger partial charge in [0.05, 0.1) is 12.5 Å². The Hall–Kier alpha value is -1.13. The summed E-state index contributed by atoms with van der Waals surface area (Å²) in [4.78, 5) is 6.57. The third-order valence-electron chi connectivity index (χ3n) is 2.71. The fraction of sp³-hybridized carbons (Fsp3) is 0.364. The minimum atomic E-state index is 0.574. The molecule has 1 unspecified atom stereocenters. The molecule has 0 aromatic carbocycles. The van der Waals surface area contributed by atoms with E-state index >= 15 is 0 Å². The lowest BCUT2D eigenvalue weighted by Gasteiger charge is -2.00. The monoisotopic (exact) mass is 219 g/mol. The standard InChI is InChI=1S/C11H13N3S/c1-2-9(13-5-1)3-4-10-7-14-8-12-6-11(14)15-10/h3-4,6-9,13H,1-2,5H2. The summed E-state index contributed by atoms with van der Waals surface area (Å²) < 4.78 is 2.06. The lowest BCUT2D eigenvalue weighted by molar-refractivity contribution is 0.730. The minimum absolute atomic E-state index is 0.574. The number of hydrogen-bond donors (Lipinski definition) is 1. The third-order valence-corrected chi connectivity index (χ3v) is 3.71. The first-order valence-electron chi connectivity index (χ1n) is 5.25. The molecule has 1 atom stereocenters. The Kier molecular flexibility index (Phi) is 2.31. The maximum absolute atomic E-state index is 4.08. The van der Waals surface area contributed by atoms with Crippen molar-refractivity contribution >= 4 is 22.2 Å². The second-order valence-electron chi connectivity index (χ2n) is 3.83. The Labute approximate surface area is 92.5 Å². The molecule has 3 heterocycles. The van der Waals surface area contributed by atoms with Crippen molar-refractivity contribution in [1.29, 1.82) is 0 Å². The number of nitrogens with one attached hydrogen (secondary N) is 1. The van der Waals surface area contributed by atoms with Crippen molar-refractivity contribution in [2.45, 2.75) is 18.9 Å². The molecular formula is C11H13N3S. The zero-order valence-corrected chi connectivity index (χ0v) is 9.20. The van der Waals surface area contributed by atoms with Gasteiger partial charge < -0.3 is 5.32 Å². The van der Waals surface area contributed by atoms with E-state index in [1.807, 2.05) is 12.5 Å². The van der Waals surface area contributed by atoms with E-state index in [-0.39, 0.29) is 0 Å². The lowest BCUT2D eigenvalue weighted by atomic mass is 10.2. The third kappa shape index (κ3) is 1.82. The Morgan fingerprint density at radius 3 is 3.40 bits per heavy atom. The van der Waals surface area contributed by atoms with Gasteiger partial charge in [-0.25, -0.2) is 4.98 Å². The van der Waals surface area contributed by atoms with Crippen LogP contribution in [0.15, 0.2) is 24.8 Å². The number of rotatable bonds is 2. The summed E-state index contributed by atoms with van der Waals surface area (Å²) in [5.74, 6) is 0. The summed E-state index contributed by atoms with van der Waals surface area (Å²) in [5.41, 5.74) is 0. The summed E-state index contributed by atoms with van der Waals surface area (Å²) in [6, 6.07) is 0.574. The van der Waals surface area contributed by atoms with Crippen LogP contribution in [0.5, 0.6) is 0 Å². The van der Waals surface area contributed by atoms with Crippen molar-refractivity contribution < 1.29 is 0 Å². The molecule has 0 saturated carbocycles. The van der Waals surface area contributed by atoms with Gasteiger partial charge in [0.2, 0.25) is 0 Å². The molecule has 0 spiro atoms. The molecule has 1 N–H and O–H groups in total. The van der Waals surface area contributed by atoms with E-state index in [9.17, 15) is 0 Å². The van der Waals surface area contributed by atoms with Crippen molar-refractivity contribution in [2.24, 2.45) is 0 Å². The summed E-state index contributed by atoms with van der Waals surface area (Å²) >= 11 is 1.77. The second-order valence-corrected chi connectivity index (χ2v) is 4.93. The van der Waals surface area contributed by atoms with Crippen LogP contribution in [-0.4, -0.2) is 22.0 Å². The molecule has 0 aliphatic carbocycles. The molecule has 0 bridgehead atoms. The molecule has 3 nitrogen and oxygen atoms in total. The van der Waals surface area contributed by atoms with Gasteiger partial charge in [0, 0.05) is 17.1 Å². The fourth-order valence-electron chi connectivity index (χ4n) is 1.92. The molecule has 2 aromatic heterocycles.